The van der Waals surface area contributed by atoms with Crippen molar-refractivity contribution in [2.75, 3.05) is 6.54 Å². The minimum Gasteiger partial charge on any atom is -0.480 e. The van der Waals surface area contributed by atoms with E-state index in [-0.39, 0.29) is 17.9 Å². The van der Waals surface area contributed by atoms with E-state index in [1.165, 1.54) is 12.1 Å². The summed E-state index contributed by atoms with van der Waals surface area (Å²) >= 11 is 0. The van der Waals surface area contributed by atoms with Crippen molar-refractivity contribution < 1.29 is 14.3 Å². The van der Waals surface area contributed by atoms with Crippen LogP contribution in [-0.2, 0) is 11.3 Å². The van der Waals surface area contributed by atoms with Gasteiger partial charge in [0.2, 0.25) is 0 Å². The molecule has 0 heterocycles. The highest BCUT2D eigenvalue weighted by Crippen LogP contribution is 2.17. The third-order valence-corrected chi connectivity index (χ3v) is 2.56. The molecule has 0 amide bonds. The van der Waals surface area contributed by atoms with Crippen molar-refractivity contribution in [1.82, 2.24) is 4.90 Å². The number of halogens is 1. The second-order valence-electron chi connectivity index (χ2n) is 5.05. The molecule has 4 heteroatoms. The molecule has 1 rings (SSSR count). The molecular formula is C13H18FNO2. The van der Waals surface area contributed by atoms with E-state index in [1.54, 1.807) is 12.1 Å². The van der Waals surface area contributed by atoms with Crippen LogP contribution in [0.4, 0.5) is 4.39 Å². The Morgan fingerprint density at radius 1 is 1.29 bits per heavy atom. The molecule has 17 heavy (non-hydrogen) atoms. The van der Waals surface area contributed by atoms with Gasteiger partial charge in [0.1, 0.15) is 5.82 Å². The number of nitrogens with zero attached hydrogens (tertiary/aromatic N) is 1. The molecule has 0 saturated carbocycles. The molecule has 3 nitrogen and oxygen atoms in total. The summed E-state index contributed by atoms with van der Waals surface area (Å²) in [6.45, 7) is 6.34. The van der Waals surface area contributed by atoms with Crippen LogP contribution in [-0.4, -0.2) is 28.1 Å². The van der Waals surface area contributed by atoms with Gasteiger partial charge in [0, 0.05) is 12.1 Å². The molecule has 0 fully saturated rings. The number of benzene rings is 1. The Kier molecular flexibility index (Phi) is 4.23. The number of aliphatic carboxylic acids is 1. The number of carboxylic acid groups (broad SMARTS) is 1. The monoisotopic (exact) mass is 239 g/mol. The molecule has 1 aromatic carbocycles. The predicted molar refractivity (Wildman–Crippen MR) is 64.2 cm³/mol. The van der Waals surface area contributed by atoms with Crippen LogP contribution in [0.2, 0.25) is 0 Å². The SMILES string of the molecule is CC(C)(C)N(CC(=O)O)Cc1ccc(F)cc1. The van der Waals surface area contributed by atoms with Gasteiger partial charge in [-0.1, -0.05) is 12.1 Å². The van der Waals surface area contributed by atoms with E-state index in [2.05, 4.69) is 0 Å². The first-order valence-corrected chi connectivity index (χ1v) is 5.50. The van der Waals surface area contributed by atoms with Crippen LogP contribution >= 0.6 is 0 Å². The molecular weight excluding hydrogens is 221 g/mol. The van der Waals surface area contributed by atoms with Gasteiger partial charge in [-0.3, -0.25) is 9.69 Å². The fourth-order valence-electron chi connectivity index (χ4n) is 1.50. The Morgan fingerprint density at radius 3 is 2.24 bits per heavy atom. The number of carboxylic acids is 1. The van der Waals surface area contributed by atoms with Crippen LogP contribution in [0.25, 0.3) is 0 Å². The van der Waals surface area contributed by atoms with Gasteiger partial charge in [-0.05, 0) is 38.5 Å². The first kappa shape index (κ1) is 13.6. The molecule has 0 aliphatic carbocycles. The van der Waals surface area contributed by atoms with Gasteiger partial charge in [-0.15, -0.1) is 0 Å². The molecule has 1 N–H and O–H groups in total. The van der Waals surface area contributed by atoms with Gasteiger partial charge >= 0.3 is 5.97 Å². The predicted octanol–water partition coefficient (Wildman–Crippen LogP) is 2.51. The van der Waals surface area contributed by atoms with Crippen LogP contribution < -0.4 is 0 Å². The first-order valence-electron chi connectivity index (χ1n) is 5.50. The van der Waals surface area contributed by atoms with Crippen molar-refractivity contribution in [3.05, 3.63) is 35.6 Å². The van der Waals surface area contributed by atoms with Crippen LogP contribution in [0, 0.1) is 5.82 Å². The normalized spacial score (nSPS) is 11.8. The molecule has 0 aromatic heterocycles. The summed E-state index contributed by atoms with van der Waals surface area (Å²) in [6, 6.07) is 6.12. The van der Waals surface area contributed by atoms with Crippen LogP contribution in [0.15, 0.2) is 24.3 Å². The van der Waals surface area contributed by atoms with Crippen LogP contribution in [0.3, 0.4) is 0 Å². The zero-order valence-electron chi connectivity index (χ0n) is 10.4. The van der Waals surface area contributed by atoms with E-state index >= 15 is 0 Å². The Morgan fingerprint density at radius 2 is 1.82 bits per heavy atom. The third-order valence-electron chi connectivity index (χ3n) is 2.56. The summed E-state index contributed by atoms with van der Waals surface area (Å²) < 4.78 is 12.8. The summed E-state index contributed by atoms with van der Waals surface area (Å²) in [5.41, 5.74) is 0.662. The van der Waals surface area contributed by atoms with Crippen molar-refractivity contribution in [2.45, 2.75) is 32.9 Å². The summed E-state index contributed by atoms with van der Waals surface area (Å²) in [5, 5.41) is 8.87. The highest BCUT2D eigenvalue weighted by Gasteiger charge is 2.23. The molecule has 94 valence electrons. The fourth-order valence-corrected chi connectivity index (χ4v) is 1.50. The lowest BCUT2D eigenvalue weighted by molar-refractivity contribution is -0.139. The van der Waals surface area contributed by atoms with Crippen LogP contribution in [0.1, 0.15) is 26.3 Å². The quantitative estimate of drug-likeness (QED) is 0.877. The Hall–Kier alpha value is -1.42. The van der Waals surface area contributed by atoms with Crippen LogP contribution in [0.5, 0.6) is 0 Å². The summed E-state index contributed by atoms with van der Waals surface area (Å²) in [4.78, 5) is 12.6. The molecule has 0 bridgehead atoms. The number of rotatable bonds is 4. The summed E-state index contributed by atoms with van der Waals surface area (Å²) in [7, 11) is 0. The van der Waals surface area contributed by atoms with Gasteiger partial charge in [-0.2, -0.15) is 0 Å². The van der Waals surface area contributed by atoms with Crippen molar-refractivity contribution in [2.24, 2.45) is 0 Å². The van der Waals surface area contributed by atoms with E-state index in [1.807, 2.05) is 25.7 Å². The highest BCUT2D eigenvalue weighted by molar-refractivity contribution is 5.69. The standard InChI is InChI=1S/C13H18FNO2/c1-13(2,3)15(9-12(16)17)8-10-4-6-11(14)7-5-10/h4-7H,8-9H2,1-3H3,(H,16,17). The van der Waals surface area contributed by atoms with Crippen molar-refractivity contribution >= 4 is 5.97 Å². The van der Waals surface area contributed by atoms with Gasteiger partial charge < -0.3 is 5.11 Å². The highest BCUT2D eigenvalue weighted by atomic mass is 19.1. The Labute approximate surface area is 101 Å². The Balaban J connectivity index is 2.79. The minimum absolute atomic E-state index is 0.0269. The molecule has 0 radical (unpaired) electrons. The summed E-state index contributed by atoms with van der Waals surface area (Å²) in [6.07, 6.45) is 0. The maximum absolute atomic E-state index is 12.8. The third kappa shape index (κ3) is 4.53. The van der Waals surface area contributed by atoms with Gasteiger partial charge in [0.15, 0.2) is 0 Å². The number of carbonyl (C=O) groups is 1. The van der Waals surface area contributed by atoms with E-state index in [0.717, 1.165) is 5.56 Å². The number of hydrogen-bond acceptors (Lipinski definition) is 2. The molecule has 0 aliphatic heterocycles. The second kappa shape index (κ2) is 5.27. The van der Waals surface area contributed by atoms with Gasteiger partial charge in [-0.25, -0.2) is 4.39 Å². The Bertz CT molecular complexity index is 381. The number of hydrogen-bond donors (Lipinski definition) is 1. The lowest BCUT2D eigenvalue weighted by Gasteiger charge is -2.34. The molecule has 0 saturated heterocycles. The van der Waals surface area contributed by atoms with Gasteiger partial charge in [0.25, 0.3) is 0 Å². The average molecular weight is 239 g/mol. The first-order chi connectivity index (χ1) is 7.79. The van der Waals surface area contributed by atoms with E-state index < -0.39 is 5.97 Å². The van der Waals surface area contributed by atoms with Crippen molar-refractivity contribution in [1.29, 1.82) is 0 Å². The average Bonchev–Trinajstić information content (AvgIpc) is 2.18. The molecule has 0 atom stereocenters. The van der Waals surface area contributed by atoms with Crippen molar-refractivity contribution in [3.8, 4) is 0 Å². The fraction of sp³-hybridized carbons (Fsp3) is 0.462. The van der Waals surface area contributed by atoms with Gasteiger partial charge in [0.05, 0.1) is 6.54 Å². The maximum atomic E-state index is 12.8. The lowest BCUT2D eigenvalue weighted by atomic mass is 10.0. The van der Waals surface area contributed by atoms with E-state index in [9.17, 15) is 9.18 Å². The minimum atomic E-state index is -0.859. The zero-order valence-corrected chi connectivity index (χ0v) is 10.4. The molecule has 0 unspecified atom stereocenters. The molecule has 1 aromatic rings. The zero-order chi connectivity index (χ0) is 13.1. The largest absolute Gasteiger partial charge is 0.480 e. The van der Waals surface area contributed by atoms with Crippen molar-refractivity contribution in [3.63, 3.8) is 0 Å². The maximum Gasteiger partial charge on any atom is 0.317 e. The summed E-state index contributed by atoms with van der Waals surface area (Å²) in [5.74, 6) is -1.14. The second-order valence-corrected chi connectivity index (χ2v) is 5.05. The van der Waals surface area contributed by atoms with E-state index in [4.69, 9.17) is 5.11 Å². The smallest absolute Gasteiger partial charge is 0.317 e. The molecule has 0 spiro atoms. The topological polar surface area (TPSA) is 40.5 Å². The lowest BCUT2D eigenvalue weighted by Crippen LogP contribution is -2.43. The molecule has 0 aliphatic rings. The van der Waals surface area contributed by atoms with E-state index in [0.29, 0.717) is 6.54 Å².